The van der Waals surface area contributed by atoms with Crippen molar-refractivity contribution in [2.45, 2.75) is 26.4 Å². The van der Waals surface area contributed by atoms with Gasteiger partial charge < -0.3 is 5.32 Å². The molecule has 2 heterocycles. The number of nitrogens with one attached hydrogen (secondary N) is 1. The third-order valence-corrected chi connectivity index (χ3v) is 4.32. The largest absolute Gasteiger partial charge is 0.332 e. The standard InChI is InChI=1S/C16H14F2N4O3S/c1-2-5-21-15(24)14-12(8-26-20-14)22(16(21)25)7-13(23)19-11-4-3-9(17)6-10(11)18/h3-4,6,8H,2,5,7H2,1H3,(H,19,23). The van der Waals surface area contributed by atoms with E-state index in [9.17, 15) is 23.2 Å². The third-order valence-electron chi connectivity index (χ3n) is 3.71. The Kier molecular flexibility index (Phi) is 4.94. The van der Waals surface area contributed by atoms with Crippen LogP contribution in [-0.2, 0) is 17.9 Å². The lowest BCUT2D eigenvalue weighted by Crippen LogP contribution is -2.41. The normalized spacial score (nSPS) is 11.0. The van der Waals surface area contributed by atoms with Gasteiger partial charge in [0.05, 0.1) is 11.2 Å². The predicted molar refractivity (Wildman–Crippen MR) is 93.4 cm³/mol. The van der Waals surface area contributed by atoms with Crippen molar-refractivity contribution in [2.75, 3.05) is 5.32 Å². The molecule has 1 N–H and O–H groups in total. The molecule has 0 spiro atoms. The second-order valence-corrected chi connectivity index (χ2v) is 6.18. The highest BCUT2D eigenvalue weighted by Crippen LogP contribution is 2.15. The molecule has 1 aromatic carbocycles. The summed E-state index contributed by atoms with van der Waals surface area (Å²) in [7, 11) is 0. The van der Waals surface area contributed by atoms with Crippen LogP contribution in [-0.4, -0.2) is 19.4 Å². The minimum Gasteiger partial charge on any atom is -0.322 e. The Morgan fingerprint density at radius 2 is 2.04 bits per heavy atom. The molecule has 10 heteroatoms. The van der Waals surface area contributed by atoms with E-state index < -0.39 is 35.3 Å². The van der Waals surface area contributed by atoms with Crippen LogP contribution in [0.25, 0.3) is 11.0 Å². The maximum atomic E-state index is 13.7. The number of amides is 1. The van der Waals surface area contributed by atoms with Crippen LogP contribution in [0, 0.1) is 11.6 Å². The summed E-state index contributed by atoms with van der Waals surface area (Å²) in [6.07, 6.45) is 0.553. The minimum absolute atomic E-state index is 0.101. The molecule has 0 saturated heterocycles. The monoisotopic (exact) mass is 380 g/mol. The van der Waals surface area contributed by atoms with E-state index in [0.717, 1.165) is 32.8 Å². The molecular formula is C16H14F2N4O3S. The fourth-order valence-corrected chi connectivity index (χ4v) is 3.20. The molecule has 0 aliphatic rings. The molecule has 0 radical (unpaired) electrons. The highest BCUT2D eigenvalue weighted by atomic mass is 32.1. The van der Waals surface area contributed by atoms with Crippen LogP contribution in [0.4, 0.5) is 14.5 Å². The van der Waals surface area contributed by atoms with E-state index in [4.69, 9.17) is 0 Å². The van der Waals surface area contributed by atoms with Crippen LogP contribution in [0.1, 0.15) is 13.3 Å². The summed E-state index contributed by atoms with van der Waals surface area (Å²) in [5.41, 5.74) is -1.00. The summed E-state index contributed by atoms with van der Waals surface area (Å²) in [4.78, 5) is 37.2. The van der Waals surface area contributed by atoms with Crippen molar-refractivity contribution in [3.8, 4) is 0 Å². The minimum atomic E-state index is -0.927. The van der Waals surface area contributed by atoms with Crippen molar-refractivity contribution in [2.24, 2.45) is 0 Å². The molecule has 26 heavy (non-hydrogen) atoms. The zero-order valence-corrected chi connectivity index (χ0v) is 14.5. The first kappa shape index (κ1) is 17.9. The fraction of sp³-hybridized carbons (Fsp3) is 0.250. The van der Waals surface area contributed by atoms with Gasteiger partial charge in [-0.15, -0.1) is 0 Å². The summed E-state index contributed by atoms with van der Waals surface area (Å²) < 4.78 is 32.7. The first-order valence-electron chi connectivity index (χ1n) is 7.75. The van der Waals surface area contributed by atoms with Crippen LogP contribution in [0.2, 0.25) is 0 Å². The first-order valence-corrected chi connectivity index (χ1v) is 8.58. The van der Waals surface area contributed by atoms with Crippen LogP contribution in [0.3, 0.4) is 0 Å². The SMILES string of the molecule is CCCn1c(=O)c2nscc2n(CC(=O)Nc2ccc(F)cc2F)c1=O. The smallest absolute Gasteiger partial charge is 0.322 e. The molecule has 0 aliphatic heterocycles. The first-order chi connectivity index (χ1) is 12.4. The lowest BCUT2D eigenvalue weighted by molar-refractivity contribution is -0.116. The molecule has 0 fully saturated rings. The topological polar surface area (TPSA) is 86.0 Å². The Morgan fingerprint density at radius 1 is 1.27 bits per heavy atom. The summed E-state index contributed by atoms with van der Waals surface area (Å²) >= 11 is 0.995. The number of carbonyl (C=O) groups is 1. The number of benzene rings is 1. The van der Waals surface area contributed by atoms with E-state index >= 15 is 0 Å². The zero-order chi connectivity index (χ0) is 18.8. The van der Waals surface area contributed by atoms with Crippen molar-refractivity contribution in [1.82, 2.24) is 13.5 Å². The molecule has 0 saturated carbocycles. The quantitative estimate of drug-likeness (QED) is 0.733. The maximum absolute atomic E-state index is 13.7. The van der Waals surface area contributed by atoms with Crippen LogP contribution >= 0.6 is 11.5 Å². The van der Waals surface area contributed by atoms with Gasteiger partial charge in [0.25, 0.3) is 5.56 Å². The van der Waals surface area contributed by atoms with E-state index in [2.05, 4.69) is 9.69 Å². The van der Waals surface area contributed by atoms with Crippen LogP contribution in [0.5, 0.6) is 0 Å². The van der Waals surface area contributed by atoms with E-state index in [1.165, 1.54) is 5.38 Å². The van der Waals surface area contributed by atoms with Gasteiger partial charge in [0.1, 0.15) is 18.2 Å². The Bertz CT molecular complexity index is 1100. The summed E-state index contributed by atoms with van der Waals surface area (Å²) in [6.45, 7) is 1.57. The summed E-state index contributed by atoms with van der Waals surface area (Å²) in [5, 5.41) is 3.79. The molecule has 2 aromatic heterocycles. The summed E-state index contributed by atoms with van der Waals surface area (Å²) in [5.74, 6) is -2.38. The van der Waals surface area contributed by atoms with Crippen LogP contribution in [0.15, 0.2) is 33.2 Å². The molecule has 3 rings (SSSR count). The van der Waals surface area contributed by atoms with Gasteiger partial charge in [-0.05, 0) is 30.1 Å². The van der Waals surface area contributed by atoms with Crippen molar-refractivity contribution >= 4 is 34.2 Å². The number of anilines is 1. The Morgan fingerprint density at radius 3 is 2.73 bits per heavy atom. The number of nitrogens with zero attached hydrogens (tertiary/aromatic N) is 3. The lowest BCUT2D eigenvalue weighted by atomic mass is 10.3. The summed E-state index contributed by atoms with van der Waals surface area (Å²) in [6, 6.07) is 2.74. The van der Waals surface area contributed by atoms with Gasteiger partial charge in [0.2, 0.25) is 5.91 Å². The predicted octanol–water partition coefficient (Wildman–Crippen LogP) is 1.95. The molecule has 3 aromatic rings. The highest BCUT2D eigenvalue weighted by Gasteiger charge is 2.17. The van der Waals surface area contributed by atoms with Crippen molar-refractivity contribution < 1.29 is 13.6 Å². The Hall–Kier alpha value is -2.88. The maximum Gasteiger partial charge on any atom is 0.332 e. The fourth-order valence-electron chi connectivity index (χ4n) is 2.53. The molecule has 0 aliphatic carbocycles. The van der Waals surface area contributed by atoms with Gasteiger partial charge in [0.15, 0.2) is 5.52 Å². The average molecular weight is 380 g/mol. The Balaban J connectivity index is 1.98. The lowest BCUT2D eigenvalue weighted by Gasteiger charge is -2.11. The van der Waals surface area contributed by atoms with E-state index in [1.807, 2.05) is 6.92 Å². The van der Waals surface area contributed by atoms with Crippen molar-refractivity contribution in [1.29, 1.82) is 0 Å². The molecule has 136 valence electrons. The molecule has 0 atom stereocenters. The Labute approximate surface area is 149 Å². The van der Waals surface area contributed by atoms with Gasteiger partial charge in [-0.25, -0.2) is 13.6 Å². The van der Waals surface area contributed by atoms with Crippen molar-refractivity contribution in [3.05, 3.63) is 56.1 Å². The number of hydrogen-bond acceptors (Lipinski definition) is 5. The number of hydrogen-bond donors (Lipinski definition) is 1. The van der Waals surface area contributed by atoms with Gasteiger partial charge in [0, 0.05) is 18.0 Å². The second kappa shape index (κ2) is 7.16. The number of fused-ring (bicyclic) bond motifs is 1. The van der Waals surface area contributed by atoms with E-state index in [1.54, 1.807) is 0 Å². The average Bonchev–Trinajstić information content (AvgIpc) is 3.08. The molecule has 0 unspecified atom stereocenters. The van der Waals surface area contributed by atoms with Crippen LogP contribution < -0.4 is 16.6 Å². The molecule has 7 nitrogen and oxygen atoms in total. The number of rotatable bonds is 5. The van der Waals surface area contributed by atoms with Gasteiger partial charge in [-0.1, -0.05) is 6.92 Å². The molecule has 1 amide bonds. The third kappa shape index (κ3) is 3.27. The van der Waals surface area contributed by atoms with Gasteiger partial charge in [-0.2, -0.15) is 4.37 Å². The number of aromatic nitrogens is 3. The number of halogens is 2. The molecule has 0 bridgehead atoms. The van der Waals surface area contributed by atoms with Crippen molar-refractivity contribution in [3.63, 3.8) is 0 Å². The second-order valence-electron chi connectivity index (χ2n) is 5.55. The highest BCUT2D eigenvalue weighted by molar-refractivity contribution is 7.04. The van der Waals surface area contributed by atoms with Gasteiger partial charge >= 0.3 is 5.69 Å². The number of carbonyl (C=O) groups excluding carboxylic acids is 1. The molecular weight excluding hydrogens is 366 g/mol. The van der Waals surface area contributed by atoms with E-state index in [0.29, 0.717) is 12.5 Å². The van der Waals surface area contributed by atoms with E-state index in [-0.39, 0.29) is 23.3 Å². The van der Waals surface area contributed by atoms with Gasteiger partial charge in [-0.3, -0.25) is 18.7 Å². The zero-order valence-electron chi connectivity index (χ0n) is 13.7.